The first kappa shape index (κ1) is 12.7. The van der Waals surface area contributed by atoms with Crippen LogP contribution in [0.15, 0.2) is 10.9 Å². The Kier molecular flexibility index (Phi) is 5.52. The second kappa shape index (κ2) is 6.97. The maximum absolute atomic E-state index is 11.1. The van der Waals surface area contributed by atoms with Crippen LogP contribution in [0.25, 0.3) is 0 Å². The summed E-state index contributed by atoms with van der Waals surface area (Å²) in [5, 5.41) is 11.5. The average molecular weight is 227 g/mol. The Hall–Kier alpha value is -1.40. The fourth-order valence-corrected chi connectivity index (χ4v) is 1.23. The number of anilines is 1. The first-order chi connectivity index (χ1) is 7.72. The van der Waals surface area contributed by atoms with Crippen molar-refractivity contribution in [1.29, 1.82) is 0 Å². The molecular formula is C10H17N3O3. The number of aryl methyl sites for hydroxylation is 1. The molecule has 0 radical (unpaired) electrons. The highest BCUT2D eigenvalue weighted by Crippen LogP contribution is 1.97. The number of hydrogen-bond acceptors (Lipinski definition) is 5. The number of hydrogen-bond donors (Lipinski definition) is 3. The molecule has 0 atom stereocenters. The van der Waals surface area contributed by atoms with Gasteiger partial charge >= 0.3 is 0 Å². The van der Waals surface area contributed by atoms with E-state index in [-0.39, 0.29) is 12.2 Å². The minimum Gasteiger partial charge on any atom is -0.394 e. The maximum Gasteiger partial charge on any atom is 0.252 e. The molecule has 0 saturated heterocycles. The van der Waals surface area contributed by atoms with Crippen molar-refractivity contribution in [3.63, 3.8) is 0 Å². The molecule has 0 bridgehead atoms. The summed E-state index contributed by atoms with van der Waals surface area (Å²) in [6.07, 6.45) is 0.799. The number of nitrogens with zero attached hydrogens (tertiary/aromatic N) is 1. The lowest BCUT2D eigenvalue weighted by atomic mass is 10.4. The summed E-state index contributed by atoms with van der Waals surface area (Å²) in [4.78, 5) is 17.8. The summed E-state index contributed by atoms with van der Waals surface area (Å²) >= 11 is 0. The minimum absolute atomic E-state index is 0.0439. The van der Waals surface area contributed by atoms with Crippen molar-refractivity contribution in [3.05, 3.63) is 22.2 Å². The van der Waals surface area contributed by atoms with Crippen molar-refractivity contribution in [3.8, 4) is 0 Å². The van der Waals surface area contributed by atoms with Gasteiger partial charge in [0.1, 0.15) is 11.6 Å². The lowest BCUT2D eigenvalue weighted by Gasteiger charge is -2.05. The fourth-order valence-electron chi connectivity index (χ4n) is 1.23. The number of aliphatic hydroxyl groups is 1. The lowest BCUT2D eigenvalue weighted by molar-refractivity contribution is 0.0922. The Morgan fingerprint density at radius 1 is 1.56 bits per heavy atom. The van der Waals surface area contributed by atoms with Gasteiger partial charge in [-0.2, -0.15) is 0 Å². The van der Waals surface area contributed by atoms with Gasteiger partial charge in [-0.3, -0.25) is 4.79 Å². The van der Waals surface area contributed by atoms with Crippen molar-refractivity contribution < 1.29 is 9.84 Å². The third-order valence-corrected chi connectivity index (χ3v) is 1.87. The largest absolute Gasteiger partial charge is 0.394 e. The van der Waals surface area contributed by atoms with E-state index < -0.39 is 0 Å². The van der Waals surface area contributed by atoms with Crippen molar-refractivity contribution in [1.82, 2.24) is 9.97 Å². The summed E-state index contributed by atoms with van der Waals surface area (Å²) < 4.78 is 5.09. The molecule has 0 unspecified atom stereocenters. The van der Waals surface area contributed by atoms with Crippen LogP contribution in [0.1, 0.15) is 12.2 Å². The fraction of sp³-hybridized carbons (Fsp3) is 0.600. The third kappa shape index (κ3) is 4.90. The zero-order valence-corrected chi connectivity index (χ0v) is 9.32. The SMILES string of the molecule is Cc1nc(NCCCOCCO)cc(=O)[nH]1. The molecule has 1 heterocycles. The van der Waals surface area contributed by atoms with Gasteiger partial charge in [0.2, 0.25) is 0 Å². The molecule has 1 aromatic heterocycles. The van der Waals surface area contributed by atoms with Gasteiger partial charge in [0, 0.05) is 19.2 Å². The zero-order chi connectivity index (χ0) is 11.8. The normalized spacial score (nSPS) is 10.4. The summed E-state index contributed by atoms with van der Waals surface area (Å²) in [6.45, 7) is 3.40. The zero-order valence-electron chi connectivity index (χ0n) is 9.32. The second-order valence-electron chi connectivity index (χ2n) is 3.33. The molecule has 0 aliphatic heterocycles. The topological polar surface area (TPSA) is 87.2 Å². The second-order valence-corrected chi connectivity index (χ2v) is 3.33. The van der Waals surface area contributed by atoms with E-state index in [1.54, 1.807) is 6.92 Å². The van der Waals surface area contributed by atoms with Crippen LogP contribution in [-0.4, -0.2) is 41.4 Å². The van der Waals surface area contributed by atoms with E-state index in [0.717, 1.165) is 6.42 Å². The van der Waals surface area contributed by atoms with Crippen LogP contribution < -0.4 is 10.9 Å². The van der Waals surface area contributed by atoms with Crippen LogP contribution in [0.5, 0.6) is 0 Å². The molecule has 0 fully saturated rings. The molecule has 0 spiro atoms. The van der Waals surface area contributed by atoms with Crippen LogP contribution in [0.2, 0.25) is 0 Å². The van der Waals surface area contributed by atoms with E-state index >= 15 is 0 Å². The lowest BCUT2D eigenvalue weighted by Crippen LogP contribution is -2.13. The van der Waals surface area contributed by atoms with Gasteiger partial charge < -0.3 is 20.1 Å². The van der Waals surface area contributed by atoms with Gasteiger partial charge in [-0.15, -0.1) is 0 Å². The van der Waals surface area contributed by atoms with E-state index in [1.807, 2.05) is 0 Å². The summed E-state index contributed by atoms with van der Waals surface area (Å²) in [6, 6.07) is 1.42. The van der Waals surface area contributed by atoms with E-state index in [1.165, 1.54) is 6.07 Å². The van der Waals surface area contributed by atoms with E-state index in [0.29, 0.717) is 31.4 Å². The summed E-state index contributed by atoms with van der Waals surface area (Å²) in [7, 11) is 0. The molecule has 90 valence electrons. The number of nitrogens with one attached hydrogen (secondary N) is 2. The smallest absolute Gasteiger partial charge is 0.252 e. The molecule has 0 aliphatic rings. The highest BCUT2D eigenvalue weighted by atomic mass is 16.5. The van der Waals surface area contributed by atoms with E-state index in [9.17, 15) is 4.79 Å². The van der Waals surface area contributed by atoms with Gasteiger partial charge in [0.05, 0.1) is 13.2 Å². The summed E-state index contributed by atoms with van der Waals surface area (Å²) in [5.41, 5.74) is -0.161. The van der Waals surface area contributed by atoms with E-state index in [4.69, 9.17) is 9.84 Å². The predicted molar refractivity (Wildman–Crippen MR) is 60.6 cm³/mol. The van der Waals surface area contributed by atoms with Crippen LogP contribution in [0.3, 0.4) is 0 Å². The Bertz CT molecular complexity index is 365. The molecule has 0 aliphatic carbocycles. The molecule has 6 nitrogen and oxygen atoms in total. The van der Waals surface area contributed by atoms with E-state index in [2.05, 4.69) is 15.3 Å². The minimum atomic E-state index is -0.161. The van der Waals surface area contributed by atoms with Gasteiger partial charge in [0.15, 0.2) is 0 Å². The standard InChI is InChI=1S/C10H17N3O3/c1-8-12-9(7-10(15)13-8)11-3-2-5-16-6-4-14/h7,14H,2-6H2,1H3,(H2,11,12,13,15). The molecule has 0 aromatic carbocycles. The molecule has 6 heteroatoms. The monoisotopic (exact) mass is 227 g/mol. The molecule has 0 amide bonds. The van der Waals surface area contributed by atoms with Crippen molar-refractivity contribution in [2.45, 2.75) is 13.3 Å². The van der Waals surface area contributed by atoms with Gasteiger partial charge in [0.25, 0.3) is 5.56 Å². The quantitative estimate of drug-likeness (QED) is 0.566. The van der Waals surface area contributed by atoms with Crippen LogP contribution in [0.4, 0.5) is 5.82 Å². The number of ether oxygens (including phenoxy) is 1. The first-order valence-electron chi connectivity index (χ1n) is 5.23. The van der Waals surface area contributed by atoms with Gasteiger partial charge in [-0.1, -0.05) is 0 Å². The Morgan fingerprint density at radius 2 is 2.38 bits per heavy atom. The number of aromatic amines is 1. The van der Waals surface area contributed by atoms with Crippen LogP contribution >= 0.6 is 0 Å². The third-order valence-electron chi connectivity index (χ3n) is 1.87. The molecule has 1 aromatic rings. The number of rotatable bonds is 7. The first-order valence-corrected chi connectivity index (χ1v) is 5.23. The predicted octanol–water partition coefficient (Wildman–Crippen LogP) is -0.111. The van der Waals surface area contributed by atoms with Crippen LogP contribution in [-0.2, 0) is 4.74 Å². The van der Waals surface area contributed by atoms with Gasteiger partial charge in [-0.05, 0) is 13.3 Å². The maximum atomic E-state index is 11.1. The van der Waals surface area contributed by atoms with Crippen LogP contribution in [0, 0.1) is 6.92 Å². The number of aliphatic hydroxyl groups excluding tert-OH is 1. The Morgan fingerprint density at radius 3 is 3.06 bits per heavy atom. The highest BCUT2D eigenvalue weighted by molar-refractivity contribution is 5.32. The number of aromatic nitrogens is 2. The molecular weight excluding hydrogens is 210 g/mol. The Balaban J connectivity index is 2.24. The molecule has 3 N–H and O–H groups in total. The Labute approximate surface area is 93.7 Å². The van der Waals surface area contributed by atoms with Crippen molar-refractivity contribution >= 4 is 5.82 Å². The van der Waals surface area contributed by atoms with Gasteiger partial charge in [-0.25, -0.2) is 4.98 Å². The summed E-state index contributed by atoms with van der Waals surface area (Å²) in [5.74, 6) is 1.16. The van der Waals surface area contributed by atoms with Crippen molar-refractivity contribution in [2.75, 3.05) is 31.7 Å². The molecule has 0 saturated carbocycles. The average Bonchev–Trinajstić information content (AvgIpc) is 2.22. The number of H-pyrrole nitrogens is 1. The molecule has 1 rings (SSSR count). The molecule has 16 heavy (non-hydrogen) atoms. The van der Waals surface area contributed by atoms with Crippen molar-refractivity contribution in [2.24, 2.45) is 0 Å². The highest BCUT2D eigenvalue weighted by Gasteiger charge is 1.96.